The summed E-state index contributed by atoms with van der Waals surface area (Å²) in [6.45, 7) is 6.04. The molecule has 18 heavy (non-hydrogen) atoms. The fourth-order valence-corrected chi connectivity index (χ4v) is 3.35. The van der Waals surface area contributed by atoms with Crippen molar-refractivity contribution in [2.75, 3.05) is 6.54 Å². The average Bonchev–Trinajstić information content (AvgIpc) is 2.91. The lowest BCUT2D eigenvalue weighted by molar-refractivity contribution is 0.445. The molecule has 0 aliphatic heterocycles. The second-order valence-corrected chi connectivity index (χ2v) is 5.98. The Bertz CT molecular complexity index is 447. The molecule has 0 radical (unpaired) electrons. The Morgan fingerprint density at radius 3 is 2.89 bits per heavy atom. The van der Waals surface area contributed by atoms with Crippen molar-refractivity contribution in [3.05, 3.63) is 23.5 Å². The number of rotatable bonds is 7. The minimum absolute atomic E-state index is 0.212. The van der Waals surface area contributed by atoms with E-state index < -0.39 is 0 Å². The minimum atomic E-state index is 0.212. The fourth-order valence-electron chi connectivity index (χ4n) is 2.17. The highest BCUT2D eigenvalue weighted by atomic mass is 35.5. The van der Waals surface area contributed by atoms with E-state index >= 15 is 0 Å². The quantitative estimate of drug-likeness (QED) is 0.789. The molecule has 0 aromatic carbocycles. The van der Waals surface area contributed by atoms with Gasteiger partial charge in [-0.25, -0.2) is 4.98 Å². The molecule has 3 nitrogen and oxygen atoms in total. The number of hydrogen-bond donors (Lipinski definition) is 1. The van der Waals surface area contributed by atoms with Crippen LogP contribution in [0, 0.1) is 5.92 Å². The number of halogens is 1. The van der Waals surface area contributed by atoms with Gasteiger partial charge < -0.3 is 5.32 Å². The van der Waals surface area contributed by atoms with Gasteiger partial charge in [0.2, 0.25) is 0 Å². The summed E-state index contributed by atoms with van der Waals surface area (Å²) < 4.78 is 2.06. The van der Waals surface area contributed by atoms with Crippen molar-refractivity contribution < 1.29 is 0 Å². The zero-order valence-electron chi connectivity index (χ0n) is 10.9. The summed E-state index contributed by atoms with van der Waals surface area (Å²) >= 11 is 8.04. The predicted molar refractivity (Wildman–Crippen MR) is 78.5 cm³/mol. The van der Waals surface area contributed by atoms with E-state index in [1.807, 2.05) is 11.6 Å². The third-order valence-electron chi connectivity index (χ3n) is 3.35. The van der Waals surface area contributed by atoms with E-state index in [0.717, 1.165) is 36.6 Å². The Balaban J connectivity index is 1.80. The second kappa shape index (κ2) is 6.55. The molecule has 0 fully saturated rings. The highest BCUT2D eigenvalue weighted by Crippen LogP contribution is 2.18. The van der Waals surface area contributed by atoms with Gasteiger partial charge in [-0.05, 0) is 5.92 Å². The third kappa shape index (κ3) is 3.25. The van der Waals surface area contributed by atoms with E-state index in [1.165, 1.54) is 0 Å². The summed E-state index contributed by atoms with van der Waals surface area (Å²) in [7, 11) is 0. The summed E-state index contributed by atoms with van der Waals surface area (Å²) in [4.78, 5) is 5.58. The van der Waals surface area contributed by atoms with Gasteiger partial charge in [-0.2, -0.15) is 0 Å². The van der Waals surface area contributed by atoms with Crippen LogP contribution in [0.5, 0.6) is 0 Å². The van der Waals surface area contributed by atoms with Crippen LogP contribution in [-0.4, -0.2) is 21.3 Å². The normalized spacial score (nSPS) is 13.6. The largest absolute Gasteiger partial charge is 0.310 e. The van der Waals surface area contributed by atoms with Gasteiger partial charge in [0.1, 0.15) is 0 Å². The minimum Gasteiger partial charge on any atom is -0.310 e. The van der Waals surface area contributed by atoms with Crippen molar-refractivity contribution >= 4 is 27.9 Å². The molecule has 2 heterocycles. The molecule has 0 saturated carbocycles. The molecular weight excluding hydrogens is 266 g/mol. The lowest BCUT2D eigenvalue weighted by atomic mass is 9.99. The van der Waals surface area contributed by atoms with Gasteiger partial charge >= 0.3 is 0 Å². The molecule has 0 bridgehead atoms. The molecule has 2 rings (SSSR count). The molecule has 1 N–H and O–H groups in total. The van der Waals surface area contributed by atoms with Crippen LogP contribution in [0.2, 0.25) is 0 Å². The van der Waals surface area contributed by atoms with Gasteiger partial charge in [-0.3, -0.25) is 4.40 Å². The van der Waals surface area contributed by atoms with Crippen molar-refractivity contribution in [2.24, 2.45) is 5.92 Å². The maximum atomic E-state index is 6.38. The van der Waals surface area contributed by atoms with Gasteiger partial charge in [0.05, 0.1) is 5.69 Å². The second-order valence-electron chi connectivity index (χ2n) is 4.55. The Morgan fingerprint density at radius 2 is 2.22 bits per heavy atom. The first-order chi connectivity index (χ1) is 8.74. The Kier molecular flexibility index (Phi) is 5.03. The van der Waals surface area contributed by atoms with E-state index in [2.05, 4.69) is 34.7 Å². The van der Waals surface area contributed by atoms with Crippen LogP contribution < -0.4 is 5.32 Å². The molecule has 2 aromatic rings. The number of hydrogen-bond acceptors (Lipinski definition) is 3. The molecule has 0 aliphatic carbocycles. The van der Waals surface area contributed by atoms with Crippen LogP contribution in [0.4, 0.5) is 0 Å². The van der Waals surface area contributed by atoms with E-state index in [1.54, 1.807) is 11.3 Å². The molecule has 0 spiro atoms. The maximum absolute atomic E-state index is 6.38. The SMILES string of the molecule is CCC(CC)C(Cl)CNCc1cn2ccsc2n1. The van der Waals surface area contributed by atoms with Crippen LogP contribution in [0.15, 0.2) is 17.8 Å². The highest BCUT2D eigenvalue weighted by Gasteiger charge is 2.15. The van der Waals surface area contributed by atoms with Gasteiger partial charge in [-0.1, -0.05) is 26.7 Å². The van der Waals surface area contributed by atoms with Crippen LogP contribution in [0.25, 0.3) is 4.96 Å². The first-order valence-electron chi connectivity index (χ1n) is 6.50. The van der Waals surface area contributed by atoms with E-state index in [4.69, 9.17) is 11.6 Å². The van der Waals surface area contributed by atoms with E-state index in [9.17, 15) is 0 Å². The molecule has 0 saturated heterocycles. The van der Waals surface area contributed by atoms with E-state index in [0.29, 0.717) is 5.92 Å². The third-order valence-corrected chi connectivity index (χ3v) is 4.63. The van der Waals surface area contributed by atoms with E-state index in [-0.39, 0.29) is 5.38 Å². The van der Waals surface area contributed by atoms with Crippen molar-refractivity contribution in [3.8, 4) is 0 Å². The topological polar surface area (TPSA) is 29.3 Å². The zero-order chi connectivity index (χ0) is 13.0. The molecule has 1 atom stereocenters. The van der Waals surface area contributed by atoms with Gasteiger partial charge in [0.25, 0.3) is 0 Å². The summed E-state index contributed by atoms with van der Waals surface area (Å²) in [6, 6.07) is 0. The number of alkyl halides is 1. The lowest BCUT2D eigenvalue weighted by Crippen LogP contribution is -2.28. The number of aromatic nitrogens is 2. The molecule has 0 amide bonds. The first kappa shape index (κ1) is 13.8. The molecule has 1 unspecified atom stereocenters. The van der Waals surface area contributed by atoms with Crippen molar-refractivity contribution in [3.63, 3.8) is 0 Å². The van der Waals surface area contributed by atoms with Gasteiger partial charge in [-0.15, -0.1) is 22.9 Å². The highest BCUT2D eigenvalue weighted by molar-refractivity contribution is 7.15. The average molecular weight is 286 g/mol. The monoisotopic (exact) mass is 285 g/mol. The zero-order valence-corrected chi connectivity index (χ0v) is 12.5. The summed E-state index contributed by atoms with van der Waals surface area (Å²) in [5, 5.41) is 5.65. The van der Waals surface area contributed by atoms with Crippen LogP contribution in [-0.2, 0) is 6.54 Å². The van der Waals surface area contributed by atoms with Crippen molar-refractivity contribution in [2.45, 2.75) is 38.6 Å². The van der Waals surface area contributed by atoms with Crippen LogP contribution in [0.3, 0.4) is 0 Å². The Morgan fingerprint density at radius 1 is 1.44 bits per heavy atom. The number of imidazole rings is 1. The fraction of sp³-hybridized carbons (Fsp3) is 0.615. The maximum Gasteiger partial charge on any atom is 0.193 e. The Labute approximate surface area is 117 Å². The van der Waals surface area contributed by atoms with Crippen molar-refractivity contribution in [1.29, 1.82) is 0 Å². The smallest absolute Gasteiger partial charge is 0.193 e. The molecule has 5 heteroatoms. The molecule has 100 valence electrons. The number of thiazole rings is 1. The lowest BCUT2D eigenvalue weighted by Gasteiger charge is -2.19. The first-order valence-corrected chi connectivity index (χ1v) is 7.82. The van der Waals surface area contributed by atoms with Crippen LogP contribution >= 0.6 is 22.9 Å². The summed E-state index contributed by atoms with van der Waals surface area (Å²) in [5.74, 6) is 0.602. The Hall–Kier alpha value is -0.580. The molecular formula is C13H20ClN3S. The van der Waals surface area contributed by atoms with Crippen LogP contribution in [0.1, 0.15) is 32.4 Å². The van der Waals surface area contributed by atoms with Crippen molar-refractivity contribution in [1.82, 2.24) is 14.7 Å². The molecule has 2 aromatic heterocycles. The van der Waals surface area contributed by atoms with Gasteiger partial charge in [0.15, 0.2) is 4.96 Å². The predicted octanol–water partition coefficient (Wildman–Crippen LogP) is 3.53. The number of nitrogens with zero attached hydrogens (tertiary/aromatic N) is 2. The van der Waals surface area contributed by atoms with Gasteiger partial charge in [0, 0.05) is 36.2 Å². The number of fused-ring (bicyclic) bond motifs is 1. The summed E-state index contributed by atoms with van der Waals surface area (Å²) in [6.07, 6.45) is 6.39. The number of nitrogens with one attached hydrogen (secondary N) is 1. The molecule has 0 aliphatic rings. The standard InChI is InChI=1S/C13H20ClN3S/c1-3-10(4-2)12(14)8-15-7-11-9-17-5-6-18-13(17)16-11/h5-6,9-10,12,15H,3-4,7-8H2,1-2H3. The summed E-state index contributed by atoms with van der Waals surface area (Å²) in [5.41, 5.74) is 1.08.